The van der Waals surface area contributed by atoms with E-state index in [-0.39, 0.29) is 5.91 Å². The van der Waals surface area contributed by atoms with Gasteiger partial charge in [0.2, 0.25) is 0 Å². The van der Waals surface area contributed by atoms with Crippen molar-refractivity contribution >= 4 is 5.91 Å². The van der Waals surface area contributed by atoms with E-state index < -0.39 is 0 Å². The van der Waals surface area contributed by atoms with Crippen LogP contribution in [0.25, 0.3) is 0 Å². The first-order chi connectivity index (χ1) is 7.72. The van der Waals surface area contributed by atoms with Gasteiger partial charge < -0.3 is 4.90 Å². The van der Waals surface area contributed by atoms with E-state index >= 15 is 0 Å². The molecule has 16 heavy (non-hydrogen) atoms. The molecule has 0 saturated carbocycles. The van der Waals surface area contributed by atoms with Crippen molar-refractivity contribution in [3.8, 4) is 0 Å². The Balaban J connectivity index is 1.96. The maximum absolute atomic E-state index is 12.1. The van der Waals surface area contributed by atoms with Crippen LogP contribution in [-0.2, 0) is 0 Å². The van der Waals surface area contributed by atoms with Crippen LogP contribution in [0.4, 0.5) is 0 Å². The molecule has 0 bridgehead atoms. The van der Waals surface area contributed by atoms with Gasteiger partial charge in [0.15, 0.2) is 0 Å². The zero-order valence-electron chi connectivity index (χ0n) is 9.89. The number of hydrogen-bond donors (Lipinski definition) is 0. The van der Waals surface area contributed by atoms with Crippen LogP contribution in [0.5, 0.6) is 0 Å². The van der Waals surface area contributed by atoms with E-state index in [1.807, 2.05) is 42.3 Å². The summed E-state index contributed by atoms with van der Waals surface area (Å²) in [6.45, 7) is 5.23. The average Bonchev–Trinajstić information content (AvgIpc) is 2.27. The van der Waals surface area contributed by atoms with Crippen LogP contribution in [0.1, 0.15) is 17.3 Å². The lowest BCUT2D eigenvalue weighted by Gasteiger charge is -2.43. The molecule has 2 rings (SSSR count). The molecule has 0 aliphatic carbocycles. The van der Waals surface area contributed by atoms with E-state index in [9.17, 15) is 4.79 Å². The first-order valence-corrected chi connectivity index (χ1v) is 5.77. The van der Waals surface area contributed by atoms with Crippen LogP contribution in [0, 0.1) is 0 Å². The van der Waals surface area contributed by atoms with Crippen molar-refractivity contribution in [2.24, 2.45) is 0 Å². The third kappa shape index (κ3) is 2.09. The normalized spacial score (nSPS) is 16.9. The summed E-state index contributed by atoms with van der Waals surface area (Å²) in [6.07, 6.45) is 0. The second kappa shape index (κ2) is 4.66. The topological polar surface area (TPSA) is 23.6 Å². The molecule has 0 N–H and O–H groups in total. The maximum Gasteiger partial charge on any atom is 0.253 e. The standard InChI is InChI=1S/C13H18N2O/c1-3-15-9-12(10-15)14(2)13(16)11-7-5-4-6-8-11/h4-8,12H,3,9-10H2,1-2H3. The number of benzene rings is 1. The highest BCUT2D eigenvalue weighted by atomic mass is 16.2. The van der Waals surface area contributed by atoms with E-state index in [0.29, 0.717) is 6.04 Å². The zero-order chi connectivity index (χ0) is 11.5. The number of carbonyl (C=O) groups excluding carboxylic acids is 1. The van der Waals surface area contributed by atoms with Crippen LogP contribution < -0.4 is 0 Å². The van der Waals surface area contributed by atoms with E-state index in [2.05, 4.69) is 11.8 Å². The molecule has 1 heterocycles. The van der Waals surface area contributed by atoms with Gasteiger partial charge in [0.25, 0.3) is 5.91 Å². The van der Waals surface area contributed by atoms with E-state index in [1.165, 1.54) is 0 Å². The fourth-order valence-corrected chi connectivity index (χ4v) is 2.00. The van der Waals surface area contributed by atoms with E-state index in [1.54, 1.807) is 0 Å². The minimum absolute atomic E-state index is 0.126. The molecule has 0 spiro atoms. The average molecular weight is 218 g/mol. The lowest BCUT2D eigenvalue weighted by atomic mass is 10.1. The smallest absolute Gasteiger partial charge is 0.253 e. The molecule has 1 fully saturated rings. The number of likely N-dealkylation sites (N-methyl/N-ethyl adjacent to an activating group) is 2. The van der Waals surface area contributed by atoms with Gasteiger partial charge in [-0.25, -0.2) is 0 Å². The molecular weight excluding hydrogens is 200 g/mol. The van der Waals surface area contributed by atoms with Crippen molar-refractivity contribution in [2.75, 3.05) is 26.7 Å². The van der Waals surface area contributed by atoms with Gasteiger partial charge in [0.1, 0.15) is 0 Å². The van der Waals surface area contributed by atoms with Gasteiger partial charge in [-0.1, -0.05) is 25.1 Å². The van der Waals surface area contributed by atoms with Crippen molar-refractivity contribution in [3.05, 3.63) is 35.9 Å². The second-order valence-electron chi connectivity index (χ2n) is 4.29. The molecule has 1 aliphatic heterocycles. The summed E-state index contributed by atoms with van der Waals surface area (Å²) in [4.78, 5) is 16.3. The number of rotatable bonds is 3. The summed E-state index contributed by atoms with van der Waals surface area (Å²) in [5.41, 5.74) is 0.778. The Bertz CT molecular complexity index is 357. The van der Waals surface area contributed by atoms with Gasteiger partial charge in [-0.05, 0) is 18.7 Å². The molecule has 0 atom stereocenters. The SMILES string of the molecule is CCN1CC(N(C)C(=O)c2ccccc2)C1. The number of carbonyl (C=O) groups is 1. The molecule has 1 aromatic rings. The van der Waals surface area contributed by atoms with E-state index in [4.69, 9.17) is 0 Å². The Morgan fingerprint density at radius 2 is 2.00 bits per heavy atom. The lowest BCUT2D eigenvalue weighted by molar-refractivity contribution is 0.0388. The highest BCUT2D eigenvalue weighted by Gasteiger charge is 2.31. The number of hydrogen-bond acceptors (Lipinski definition) is 2. The third-order valence-corrected chi connectivity index (χ3v) is 3.27. The molecule has 1 aromatic carbocycles. The Hall–Kier alpha value is -1.35. The second-order valence-corrected chi connectivity index (χ2v) is 4.29. The molecule has 0 radical (unpaired) electrons. The first-order valence-electron chi connectivity index (χ1n) is 5.77. The highest BCUT2D eigenvalue weighted by molar-refractivity contribution is 5.94. The highest BCUT2D eigenvalue weighted by Crippen LogP contribution is 2.15. The van der Waals surface area contributed by atoms with Gasteiger partial charge in [-0.2, -0.15) is 0 Å². The van der Waals surface area contributed by atoms with Crippen LogP contribution in [0.3, 0.4) is 0 Å². The predicted octanol–water partition coefficient (Wildman–Crippen LogP) is 1.46. The largest absolute Gasteiger partial charge is 0.336 e. The summed E-state index contributed by atoms with van der Waals surface area (Å²) in [5.74, 6) is 0.126. The quantitative estimate of drug-likeness (QED) is 0.767. The van der Waals surface area contributed by atoms with Gasteiger partial charge in [0.05, 0.1) is 6.04 Å². The Kier molecular flexibility index (Phi) is 3.25. The third-order valence-electron chi connectivity index (χ3n) is 3.27. The van der Waals surface area contributed by atoms with Crippen LogP contribution in [0.15, 0.2) is 30.3 Å². The molecule has 1 saturated heterocycles. The summed E-state index contributed by atoms with van der Waals surface area (Å²) >= 11 is 0. The minimum Gasteiger partial charge on any atom is -0.336 e. The molecule has 3 heteroatoms. The number of likely N-dealkylation sites (tertiary alicyclic amines) is 1. The molecular formula is C13H18N2O. The molecule has 1 amide bonds. The Labute approximate surface area is 96.7 Å². The van der Waals surface area contributed by atoms with Crippen molar-refractivity contribution in [2.45, 2.75) is 13.0 Å². The van der Waals surface area contributed by atoms with Crippen LogP contribution >= 0.6 is 0 Å². The minimum atomic E-state index is 0.126. The first kappa shape index (κ1) is 11.1. The maximum atomic E-state index is 12.1. The van der Waals surface area contributed by atoms with Crippen LogP contribution in [-0.4, -0.2) is 48.4 Å². The number of nitrogens with zero attached hydrogens (tertiary/aromatic N) is 2. The Morgan fingerprint density at radius 1 is 1.38 bits per heavy atom. The Morgan fingerprint density at radius 3 is 2.56 bits per heavy atom. The van der Waals surface area contributed by atoms with Gasteiger partial charge in [0, 0.05) is 25.7 Å². The lowest BCUT2D eigenvalue weighted by Crippen LogP contribution is -2.59. The fourth-order valence-electron chi connectivity index (χ4n) is 2.00. The number of amides is 1. The zero-order valence-corrected chi connectivity index (χ0v) is 9.89. The van der Waals surface area contributed by atoms with Gasteiger partial charge in [-0.3, -0.25) is 9.69 Å². The molecule has 3 nitrogen and oxygen atoms in total. The van der Waals surface area contributed by atoms with Crippen molar-refractivity contribution in [1.82, 2.24) is 9.80 Å². The fraction of sp³-hybridized carbons (Fsp3) is 0.462. The summed E-state index contributed by atoms with van der Waals surface area (Å²) in [7, 11) is 1.90. The molecule has 1 aliphatic rings. The molecule has 0 aromatic heterocycles. The van der Waals surface area contributed by atoms with Gasteiger partial charge >= 0.3 is 0 Å². The van der Waals surface area contributed by atoms with Crippen molar-refractivity contribution in [1.29, 1.82) is 0 Å². The van der Waals surface area contributed by atoms with E-state index in [0.717, 1.165) is 25.2 Å². The summed E-state index contributed by atoms with van der Waals surface area (Å²) in [6, 6.07) is 9.86. The van der Waals surface area contributed by atoms with Crippen LogP contribution in [0.2, 0.25) is 0 Å². The monoisotopic (exact) mass is 218 g/mol. The summed E-state index contributed by atoms with van der Waals surface area (Å²) < 4.78 is 0. The summed E-state index contributed by atoms with van der Waals surface area (Å²) in [5, 5.41) is 0. The van der Waals surface area contributed by atoms with Gasteiger partial charge in [-0.15, -0.1) is 0 Å². The molecule has 0 unspecified atom stereocenters. The predicted molar refractivity (Wildman–Crippen MR) is 64.4 cm³/mol. The van der Waals surface area contributed by atoms with Crippen molar-refractivity contribution in [3.63, 3.8) is 0 Å². The van der Waals surface area contributed by atoms with Crippen molar-refractivity contribution < 1.29 is 4.79 Å². The molecule has 86 valence electrons.